The Bertz CT molecular complexity index is 466. The largest absolute Gasteiger partial charge is 0.273 e. The summed E-state index contributed by atoms with van der Waals surface area (Å²) in [5.41, 5.74) is 6.26. The lowest BCUT2D eigenvalue weighted by Gasteiger charge is -2.17. The van der Waals surface area contributed by atoms with E-state index in [9.17, 15) is 4.79 Å². The minimum atomic E-state index is 0.0315. The van der Waals surface area contributed by atoms with Crippen LogP contribution in [0.15, 0.2) is 29.4 Å². The van der Waals surface area contributed by atoms with E-state index in [1.807, 2.05) is 6.07 Å². The first-order valence-corrected chi connectivity index (χ1v) is 7.25. The highest BCUT2D eigenvalue weighted by Gasteiger charge is 2.14. The molecule has 3 heteroatoms. The number of carbonyl (C=O) groups is 1. The summed E-state index contributed by atoms with van der Waals surface area (Å²) in [5, 5.41) is 4.32. The smallest absolute Gasteiger partial charge is 0.240 e. The first-order chi connectivity index (χ1) is 9.31. The molecule has 0 fully saturated rings. The quantitative estimate of drug-likeness (QED) is 0.638. The Labute approximate surface area is 115 Å². The molecular formula is C16H22N2O. The van der Waals surface area contributed by atoms with Crippen molar-refractivity contribution in [3.8, 4) is 0 Å². The molecule has 102 valence electrons. The SMILES string of the molecule is CCCCCC(=O)N/N=C1/CCCc2ccccc21. The van der Waals surface area contributed by atoms with Crippen molar-refractivity contribution in [1.29, 1.82) is 0 Å². The molecule has 1 amide bonds. The Morgan fingerprint density at radius 2 is 2.11 bits per heavy atom. The van der Waals surface area contributed by atoms with Gasteiger partial charge in [-0.15, -0.1) is 0 Å². The van der Waals surface area contributed by atoms with E-state index in [0.717, 1.165) is 44.2 Å². The lowest BCUT2D eigenvalue weighted by Crippen LogP contribution is -2.21. The number of fused-ring (bicyclic) bond motifs is 1. The fourth-order valence-electron chi connectivity index (χ4n) is 2.44. The van der Waals surface area contributed by atoms with Crippen molar-refractivity contribution >= 4 is 11.6 Å². The Hall–Kier alpha value is -1.64. The topological polar surface area (TPSA) is 41.5 Å². The molecule has 1 aliphatic rings. The first-order valence-electron chi connectivity index (χ1n) is 7.25. The average molecular weight is 258 g/mol. The van der Waals surface area contributed by atoms with Crippen molar-refractivity contribution in [2.45, 2.75) is 51.9 Å². The van der Waals surface area contributed by atoms with Crippen LogP contribution in [-0.2, 0) is 11.2 Å². The zero-order valence-electron chi connectivity index (χ0n) is 11.6. The number of hydrogen-bond donors (Lipinski definition) is 1. The molecule has 1 aromatic rings. The van der Waals surface area contributed by atoms with Crippen molar-refractivity contribution in [2.75, 3.05) is 0 Å². The van der Waals surface area contributed by atoms with E-state index in [2.05, 4.69) is 35.7 Å². The highest BCUT2D eigenvalue weighted by atomic mass is 16.2. The molecule has 0 saturated heterocycles. The van der Waals surface area contributed by atoms with Gasteiger partial charge >= 0.3 is 0 Å². The molecule has 0 spiro atoms. The molecule has 0 aromatic heterocycles. The van der Waals surface area contributed by atoms with Crippen LogP contribution in [0.25, 0.3) is 0 Å². The van der Waals surface area contributed by atoms with Gasteiger partial charge in [-0.25, -0.2) is 5.43 Å². The van der Waals surface area contributed by atoms with Gasteiger partial charge in [0.2, 0.25) is 5.91 Å². The minimum absolute atomic E-state index is 0.0315. The van der Waals surface area contributed by atoms with Crippen molar-refractivity contribution < 1.29 is 4.79 Å². The van der Waals surface area contributed by atoms with E-state index in [0.29, 0.717) is 6.42 Å². The number of nitrogens with zero attached hydrogens (tertiary/aromatic N) is 1. The van der Waals surface area contributed by atoms with Gasteiger partial charge in [0.05, 0.1) is 5.71 Å². The van der Waals surface area contributed by atoms with Crippen LogP contribution in [0.4, 0.5) is 0 Å². The maximum Gasteiger partial charge on any atom is 0.240 e. The number of rotatable bonds is 5. The Balaban J connectivity index is 1.95. The van der Waals surface area contributed by atoms with Gasteiger partial charge in [0.25, 0.3) is 0 Å². The number of hydrazone groups is 1. The molecule has 3 nitrogen and oxygen atoms in total. The molecule has 0 unspecified atom stereocenters. The highest BCUT2D eigenvalue weighted by molar-refractivity contribution is 6.03. The maximum absolute atomic E-state index is 11.7. The second-order valence-corrected chi connectivity index (χ2v) is 5.06. The molecule has 0 atom stereocenters. The third-order valence-corrected chi connectivity index (χ3v) is 3.51. The van der Waals surface area contributed by atoms with E-state index < -0.39 is 0 Å². The summed E-state index contributed by atoms with van der Waals surface area (Å²) in [6, 6.07) is 8.33. The molecule has 0 aliphatic heterocycles. The zero-order chi connectivity index (χ0) is 13.5. The summed E-state index contributed by atoms with van der Waals surface area (Å²) in [6.45, 7) is 2.14. The monoisotopic (exact) mass is 258 g/mol. The van der Waals surface area contributed by atoms with Crippen LogP contribution in [0.1, 0.15) is 56.6 Å². The maximum atomic E-state index is 11.7. The van der Waals surface area contributed by atoms with Gasteiger partial charge in [-0.05, 0) is 31.2 Å². The summed E-state index contributed by atoms with van der Waals surface area (Å²) in [5.74, 6) is 0.0315. The summed E-state index contributed by atoms with van der Waals surface area (Å²) in [6.07, 6.45) is 6.94. The molecule has 0 heterocycles. The van der Waals surface area contributed by atoms with Crippen molar-refractivity contribution in [3.63, 3.8) is 0 Å². The number of hydrogen-bond acceptors (Lipinski definition) is 2. The number of benzene rings is 1. The number of nitrogens with one attached hydrogen (secondary N) is 1. The molecular weight excluding hydrogens is 236 g/mol. The van der Waals surface area contributed by atoms with Crippen LogP contribution in [-0.4, -0.2) is 11.6 Å². The molecule has 0 saturated carbocycles. The molecule has 2 rings (SSSR count). The van der Waals surface area contributed by atoms with Crippen LogP contribution in [0.2, 0.25) is 0 Å². The third-order valence-electron chi connectivity index (χ3n) is 3.51. The average Bonchev–Trinajstić information content (AvgIpc) is 2.45. The molecule has 19 heavy (non-hydrogen) atoms. The van der Waals surface area contributed by atoms with Gasteiger partial charge < -0.3 is 0 Å². The zero-order valence-corrected chi connectivity index (χ0v) is 11.6. The molecule has 0 radical (unpaired) electrons. The van der Waals surface area contributed by atoms with E-state index in [1.54, 1.807) is 0 Å². The molecule has 0 bridgehead atoms. The molecule has 1 N–H and O–H groups in total. The first kappa shape index (κ1) is 13.8. The lowest BCUT2D eigenvalue weighted by atomic mass is 9.90. The Morgan fingerprint density at radius 3 is 2.95 bits per heavy atom. The van der Waals surface area contributed by atoms with E-state index >= 15 is 0 Å². The standard InChI is InChI=1S/C16H22N2O/c1-2-3-4-12-16(19)18-17-15-11-7-9-13-8-5-6-10-14(13)15/h5-6,8,10H,2-4,7,9,11-12H2,1H3,(H,18,19)/b17-15-. The van der Waals surface area contributed by atoms with Gasteiger partial charge in [0.1, 0.15) is 0 Å². The normalized spacial score (nSPS) is 16.2. The summed E-state index contributed by atoms with van der Waals surface area (Å²) in [7, 11) is 0. The molecule has 1 aromatic carbocycles. The van der Waals surface area contributed by atoms with Crippen molar-refractivity contribution in [3.05, 3.63) is 35.4 Å². The summed E-state index contributed by atoms with van der Waals surface area (Å²) < 4.78 is 0. The van der Waals surface area contributed by atoms with Crippen molar-refractivity contribution in [1.82, 2.24) is 5.43 Å². The number of carbonyl (C=O) groups excluding carboxylic acids is 1. The predicted molar refractivity (Wildman–Crippen MR) is 78.2 cm³/mol. The van der Waals surface area contributed by atoms with Crippen LogP contribution < -0.4 is 5.43 Å². The Kier molecular flexibility index (Phi) is 5.13. The van der Waals surface area contributed by atoms with Crippen LogP contribution in [0.3, 0.4) is 0 Å². The van der Waals surface area contributed by atoms with E-state index in [-0.39, 0.29) is 5.91 Å². The summed E-state index contributed by atoms with van der Waals surface area (Å²) >= 11 is 0. The molecule has 1 aliphatic carbocycles. The highest BCUT2D eigenvalue weighted by Crippen LogP contribution is 2.21. The Morgan fingerprint density at radius 1 is 1.26 bits per heavy atom. The van der Waals surface area contributed by atoms with Crippen molar-refractivity contribution in [2.24, 2.45) is 5.10 Å². The van der Waals surface area contributed by atoms with Gasteiger partial charge in [-0.3, -0.25) is 4.79 Å². The number of amides is 1. The number of aryl methyl sites for hydroxylation is 1. The number of unbranched alkanes of at least 4 members (excludes halogenated alkanes) is 2. The van der Waals surface area contributed by atoms with Gasteiger partial charge in [0.15, 0.2) is 0 Å². The van der Waals surface area contributed by atoms with Crippen LogP contribution in [0, 0.1) is 0 Å². The second-order valence-electron chi connectivity index (χ2n) is 5.06. The van der Waals surface area contributed by atoms with Gasteiger partial charge in [0, 0.05) is 12.0 Å². The minimum Gasteiger partial charge on any atom is -0.273 e. The van der Waals surface area contributed by atoms with Gasteiger partial charge in [-0.2, -0.15) is 5.10 Å². The predicted octanol–water partition coefficient (Wildman–Crippen LogP) is 3.42. The third kappa shape index (κ3) is 3.91. The fourth-order valence-corrected chi connectivity index (χ4v) is 2.44. The fraction of sp³-hybridized carbons (Fsp3) is 0.500. The van der Waals surface area contributed by atoms with E-state index in [1.165, 1.54) is 11.1 Å². The lowest BCUT2D eigenvalue weighted by molar-refractivity contribution is -0.121. The second kappa shape index (κ2) is 7.07. The van der Waals surface area contributed by atoms with Crippen LogP contribution in [0.5, 0.6) is 0 Å². The van der Waals surface area contributed by atoms with E-state index in [4.69, 9.17) is 0 Å². The van der Waals surface area contributed by atoms with Gasteiger partial charge in [-0.1, -0.05) is 44.0 Å². The summed E-state index contributed by atoms with van der Waals surface area (Å²) in [4.78, 5) is 11.7. The van der Waals surface area contributed by atoms with Crippen LogP contribution >= 0.6 is 0 Å².